The number of hydrogen-bond acceptors (Lipinski definition) is 4. The normalized spacial score (nSPS) is 21.5. The Balaban J connectivity index is 2.22. The fourth-order valence-electron chi connectivity index (χ4n) is 2.05. The molecule has 1 aromatic carbocycles. The summed E-state index contributed by atoms with van der Waals surface area (Å²) in [5.41, 5.74) is 0. The summed E-state index contributed by atoms with van der Waals surface area (Å²) in [6.07, 6.45) is -0.208. The molecule has 1 aliphatic heterocycles. The second kappa shape index (κ2) is 5.96. The molecule has 0 spiro atoms. The Morgan fingerprint density at radius 3 is 2.89 bits per heavy atom. The van der Waals surface area contributed by atoms with E-state index < -0.39 is 15.8 Å². The van der Waals surface area contributed by atoms with Gasteiger partial charge in [0.2, 0.25) is 10.0 Å². The Morgan fingerprint density at radius 1 is 1.47 bits per heavy atom. The van der Waals surface area contributed by atoms with Crippen LogP contribution in [0.5, 0.6) is 0 Å². The lowest BCUT2D eigenvalue weighted by Crippen LogP contribution is -2.48. The molecule has 0 aliphatic carbocycles. The van der Waals surface area contributed by atoms with Crippen molar-refractivity contribution in [1.29, 1.82) is 0 Å². The van der Waals surface area contributed by atoms with Gasteiger partial charge in [0.15, 0.2) is 0 Å². The van der Waals surface area contributed by atoms with Crippen molar-refractivity contribution >= 4 is 10.0 Å². The van der Waals surface area contributed by atoms with Crippen LogP contribution in [-0.2, 0) is 14.8 Å². The number of nitrogens with one attached hydrogen (secondary N) is 1. The molecule has 1 aromatic rings. The first kappa shape index (κ1) is 14.4. The minimum atomic E-state index is -3.79. The van der Waals surface area contributed by atoms with Crippen LogP contribution in [0.15, 0.2) is 29.2 Å². The summed E-state index contributed by atoms with van der Waals surface area (Å²) in [5, 5.41) is 2.94. The highest BCUT2D eigenvalue weighted by molar-refractivity contribution is 7.89. The van der Waals surface area contributed by atoms with Crippen LogP contribution in [0.3, 0.4) is 0 Å². The summed E-state index contributed by atoms with van der Waals surface area (Å²) in [6, 6.07) is 5.42. The number of benzene rings is 1. The zero-order valence-corrected chi connectivity index (χ0v) is 11.5. The van der Waals surface area contributed by atoms with Gasteiger partial charge in [-0.05, 0) is 19.2 Å². The molecular weight excluding hydrogens is 271 g/mol. The largest absolute Gasteiger partial charge is 0.374 e. The smallest absolute Gasteiger partial charge is 0.246 e. The van der Waals surface area contributed by atoms with Crippen LogP contribution in [-0.4, -0.2) is 52.1 Å². The lowest BCUT2D eigenvalue weighted by Gasteiger charge is -2.32. The molecule has 19 heavy (non-hydrogen) atoms. The Hall–Kier alpha value is -1.02. The lowest BCUT2D eigenvalue weighted by molar-refractivity contribution is 0.000767. The molecule has 0 radical (unpaired) electrons. The number of nitrogens with zero attached hydrogens (tertiary/aromatic N) is 1. The summed E-state index contributed by atoms with van der Waals surface area (Å²) in [4.78, 5) is -0.278. The summed E-state index contributed by atoms with van der Waals surface area (Å²) < 4.78 is 45.1. The molecule has 0 saturated carbocycles. The van der Waals surface area contributed by atoms with Crippen LogP contribution < -0.4 is 5.32 Å². The number of sulfonamides is 1. The SMILES string of the molecule is CNCC1CN(S(=O)(=O)c2ccccc2F)CCO1. The molecular formula is C12H17FN2O3S. The molecule has 1 aliphatic rings. The monoisotopic (exact) mass is 288 g/mol. The maximum atomic E-state index is 13.6. The van der Waals surface area contributed by atoms with Crippen molar-refractivity contribution in [2.45, 2.75) is 11.0 Å². The Bertz CT molecular complexity index is 534. The van der Waals surface area contributed by atoms with E-state index in [2.05, 4.69) is 5.32 Å². The average molecular weight is 288 g/mol. The molecule has 106 valence electrons. The predicted octanol–water partition coefficient (Wildman–Crippen LogP) is 0.435. The molecule has 1 unspecified atom stereocenters. The number of halogens is 1. The van der Waals surface area contributed by atoms with E-state index in [1.54, 1.807) is 7.05 Å². The molecule has 1 saturated heterocycles. The van der Waals surface area contributed by atoms with Crippen LogP contribution >= 0.6 is 0 Å². The zero-order valence-electron chi connectivity index (χ0n) is 10.7. The van der Waals surface area contributed by atoms with Crippen molar-refractivity contribution in [2.24, 2.45) is 0 Å². The average Bonchev–Trinajstić information content (AvgIpc) is 2.40. The maximum absolute atomic E-state index is 13.6. The second-order valence-electron chi connectivity index (χ2n) is 4.34. The maximum Gasteiger partial charge on any atom is 0.246 e. The molecule has 5 nitrogen and oxygen atoms in total. The highest BCUT2D eigenvalue weighted by atomic mass is 32.2. The van der Waals surface area contributed by atoms with Crippen molar-refractivity contribution in [2.75, 3.05) is 33.3 Å². The van der Waals surface area contributed by atoms with E-state index in [-0.39, 0.29) is 24.1 Å². The van der Waals surface area contributed by atoms with Crippen LogP contribution in [0.2, 0.25) is 0 Å². The van der Waals surface area contributed by atoms with Crippen molar-refractivity contribution in [3.05, 3.63) is 30.1 Å². The third-order valence-electron chi connectivity index (χ3n) is 2.99. The topological polar surface area (TPSA) is 58.6 Å². The van der Waals surface area contributed by atoms with Gasteiger partial charge in [-0.25, -0.2) is 12.8 Å². The number of likely N-dealkylation sites (N-methyl/N-ethyl adjacent to an activating group) is 1. The Labute approximate surface area is 112 Å². The van der Waals surface area contributed by atoms with Gasteiger partial charge in [-0.1, -0.05) is 12.1 Å². The molecule has 0 aromatic heterocycles. The minimum Gasteiger partial charge on any atom is -0.374 e. The van der Waals surface area contributed by atoms with Crippen molar-refractivity contribution in [3.8, 4) is 0 Å². The fourth-order valence-corrected chi connectivity index (χ4v) is 3.58. The van der Waals surface area contributed by atoms with E-state index in [0.717, 1.165) is 6.07 Å². The van der Waals surface area contributed by atoms with Gasteiger partial charge in [-0.15, -0.1) is 0 Å². The van der Waals surface area contributed by atoms with Gasteiger partial charge in [-0.3, -0.25) is 0 Å². The molecule has 0 amide bonds. The summed E-state index contributed by atoms with van der Waals surface area (Å²) >= 11 is 0. The van der Waals surface area contributed by atoms with Crippen LogP contribution in [0, 0.1) is 5.82 Å². The summed E-state index contributed by atoms with van der Waals surface area (Å²) in [7, 11) is -2.02. The van der Waals surface area contributed by atoms with Crippen LogP contribution in [0.4, 0.5) is 4.39 Å². The zero-order chi connectivity index (χ0) is 13.9. The van der Waals surface area contributed by atoms with Gasteiger partial charge in [0.1, 0.15) is 10.7 Å². The van der Waals surface area contributed by atoms with E-state index in [0.29, 0.717) is 13.2 Å². The fraction of sp³-hybridized carbons (Fsp3) is 0.500. The van der Waals surface area contributed by atoms with Gasteiger partial charge in [-0.2, -0.15) is 4.31 Å². The highest BCUT2D eigenvalue weighted by Crippen LogP contribution is 2.21. The number of rotatable bonds is 4. The standard InChI is InChI=1S/C12H17FN2O3S/c1-14-8-10-9-15(6-7-18-10)19(16,17)12-5-3-2-4-11(12)13/h2-5,10,14H,6-9H2,1H3. The van der Waals surface area contributed by atoms with Gasteiger partial charge in [0, 0.05) is 19.6 Å². The molecule has 2 rings (SSSR count). The first-order chi connectivity index (χ1) is 9.05. The van der Waals surface area contributed by atoms with E-state index in [1.807, 2.05) is 0 Å². The third-order valence-corrected chi connectivity index (χ3v) is 4.89. The minimum absolute atomic E-state index is 0.208. The first-order valence-corrected chi connectivity index (χ1v) is 7.50. The quantitative estimate of drug-likeness (QED) is 0.873. The molecule has 0 bridgehead atoms. The number of ether oxygens (including phenoxy) is 1. The van der Waals surface area contributed by atoms with E-state index >= 15 is 0 Å². The number of morpholine rings is 1. The molecule has 1 fully saturated rings. The van der Waals surface area contributed by atoms with Crippen molar-refractivity contribution < 1.29 is 17.5 Å². The third kappa shape index (κ3) is 3.11. The van der Waals surface area contributed by atoms with E-state index in [9.17, 15) is 12.8 Å². The van der Waals surface area contributed by atoms with Crippen LogP contribution in [0.1, 0.15) is 0 Å². The predicted molar refractivity (Wildman–Crippen MR) is 68.8 cm³/mol. The van der Waals surface area contributed by atoms with Gasteiger partial charge in [0.25, 0.3) is 0 Å². The number of hydrogen-bond donors (Lipinski definition) is 1. The van der Waals surface area contributed by atoms with Gasteiger partial charge >= 0.3 is 0 Å². The molecule has 7 heteroatoms. The summed E-state index contributed by atoms with van der Waals surface area (Å²) in [6.45, 7) is 1.36. The molecule has 1 atom stereocenters. The van der Waals surface area contributed by atoms with E-state index in [4.69, 9.17) is 4.74 Å². The van der Waals surface area contributed by atoms with Crippen molar-refractivity contribution in [3.63, 3.8) is 0 Å². The first-order valence-electron chi connectivity index (χ1n) is 6.06. The Kier molecular flexibility index (Phi) is 4.51. The van der Waals surface area contributed by atoms with Crippen molar-refractivity contribution in [1.82, 2.24) is 9.62 Å². The van der Waals surface area contributed by atoms with E-state index in [1.165, 1.54) is 22.5 Å². The second-order valence-corrected chi connectivity index (χ2v) is 6.25. The van der Waals surface area contributed by atoms with Crippen LogP contribution in [0.25, 0.3) is 0 Å². The van der Waals surface area contributed by atoms with Gasteiger partial charge in [0.05, 0.1) is 12.7 Å². The molecule has 1 heterocycles. The lowest BCUT2D eigenvalue weighted by atomic mass is 10.3. The Morgan fingerprint density at radius 2 is 2.21 bits per heavy atom. The van der Waals surface area contributed by atoms with Gasteiger partial charge < -0.3 is 10.1 Å². The highest BCUT2D eigenvalue weighted by Gasteiger charge is 2.32. The molecule has 1 N–H and O–H groups in total. The summed E-state index contributed by atoms with van der Waals surface area (Å²) in [5.74, 6) is -0.723.